The van der Waals surface area contributed by atoms with Gasteiger partial charge in [0.1, 0.15) is 6.10 Å². The third kappa shape index (κ3) is 2.42. The summed E-state index contributed by atoms with van der Waals surface area (Å²) in [6.07, 6.45) is 2.96. The van der Waals surface area contributed by atoms with Gasteiger partial charge in [-0.1, -0.05) is 0 Å². The van der Waals surface area contributed by atoms with Crippen LogP contribution in [-0.2, 0) is 19.0 Å². The Labute approximate surface area is 77.1 Å². The van der Waals surface area contributed by atoms with Gasteiger partial charge >= 0.3 is 5.97 Å². The molecule has 2 aliphatic rings. The van der Waals surface area contributed by atoms with Gasteiger partial charge in [0.05, 0.1) is 13.2 Å². The Balaban J connectivity index is 1.76. The van der Waals surface area contributed by atoms with Crippen LogP contribution in [0, 0.1) is 0 Å². The molecule has 0 radical (unpaired) electrons. The van der Waals surface area contributed by atoms with Crippen LogP contribution in [-0.4, -0.2) is 31.6 Å². The molecule has 0 N–H and O–H groups in total. The molecule has 74 valence electrons. The van der Waals surface area contributed by atoms with Crippen molar-refractivity contribution in [1.29, 1.82) is 0 Å². The smallest absolute Gasteiger partial charge is 0.306 e. The summed E-state index contributed by atoms with van der Waals surface area (Å²) >= 11 is 0. The van der Waals surface area contributed by atoms with E-state index in [0.29, 0.717) is 26.1 Å². The normalized spacial score (nSPS) is 30.5. The number of esters is 1. The number of hydrogen-bond donors (Lipinski definition) is 0. The Morgan fingerprint density at radius 2 is 2.08 bits per heavy atom. The lowest BCUT2D eigenvalue weighted by Crippen LogP contribution is -2.27. The summed E-state index contributed by atoms with van der Waals surface area (Å²) in [6.45, 7) is 1.32. The molecule has 13 heavy (non-hydrogen) atoms. The van der Waals surface area contributed by atoms with Gasteiger partial charge in [-0.3, -0.25) is 4.79 Å². The monoisotopic (exact) mass is 186 g/mol. The fourth-order valence-corrected chi connectivity index (χ4v) is 1.70. The first-order valence-electron chi connectivity index (χ1n) is 4.77. The van der Waals surface area contributed by atoms with Crippen molar-refractivity contribution >= 4 is 5.97 Å². The summed E-state index contributed by atoms with van der Waals surface area (Å²) in [6, 6.07) is 0. The van der Waals surface area contributed by atoms with Gasteiger partial charge in [-0.2, -0.15) is 0 Å². The Morgan fingerprint density at radius 3 is 2.77 bits per heavy atom. The minimum absolute atomic E-state index is 0.00403. The number of hydrogen-bond acceptors (Lipinski definition) is 4. The second kappa shape index (κ2) is 4.07. The minimum atomic E-state index is -0.157. The number of ether oxygens (including phenoxy) is 3. The average molecular weight is 186 g/mol. The molecule has 0 aromatic heterocycles. The fourth-order valence-electron chi connectivity index (χ4n) is 1.70. The van der Waals surface area contributed by atoms with Gasteiger partial charge in [0.2, 0.25) is 0 Å². The molecule has 2 fully saturated rings. The second-order valence-corrected chi connectivity index (χ2v) is 3.41. The fraction of sp³-hybridized carbons (Fsp3) is 0.889. The zero-order valence-corrected chi connectivity index (χ0v) is 7.53. The van der Waals surface area contributed by atoms with Crippen molar-refractivity contribution in [2.75, 3.05) is 13.2 Å². The van der Waals surface area contributed by atoms with Gasteiger partial charge in [0.15, 0.2) is 6.29 Å². The molecular weight excluding hydrogens is 172 g/mol. The highest BCUT2D eigenvalue weighted by molar-refractivity contribution is 5.70. The van der Waals surface area contributed by atoms with Crippen LogP contribution in [0.4, 0.5) is 0 Å². The minimum Gasteiger partial charge on any atom is -0.462 e. The van der Waals surface area contributed by atoms with E-state index in [1.165, 1.54) is 0 Å². The molecule has 0 aromatic carbocycles. The van der Waals surface area contributed by atoms with E-state index in [2.05, 4.69) is 0 Å². The number of carbonyl (C=O) groups is 1. The molecular formula is C9H14O4. The van der Waals surface area contributed by atoms with Gasteiger partial charge in [-0.15, -0.1) is 0 Å². The highest BCUT2D eigenvalue weighted by atomic mass is 16.7. The lowest BCUT2D eigenvalue weighted by atomic mass is 10.1. The first-order valence-corrected chi connectivity index (χ1v) is 4.77. The lowest BCUT2D eigenvalue weighted by Gasteiger charge is -2.23. The van der Waals surface area contributed by atoms with Gasteiger partial charge in [0.25, 0.3) is 0 Å². The largest absolute Gasteiger partial charge is 0.462 e. The standard InChI is InChI=1S/C9H14O4/c10-8-3-1-2-7(13-8)6-9-11-4-5-12-9/h7,9H,1-6H2. The van der Waals surface area contributed by atoms with Crippen molar-refractivity contribution in [3.63, 3.8) is 0 Å². The molecule has 0 amide bonds. The van der Waals surface area contributed by atoms with E-state index >= 15 is 0 Å². The summed E-state index contributed by atoms with van der Waals surface area (Å²) in [5.74, 6) is -0.0887. The van der Waals surface area contributed by atoms with Crippen LogP contribution in [0.15, 0.2) is 0 Å². The van der Waals surface area contributed by atoms with Crippen molar-refractivity contribution in [3.8, 4) is 0 Å². The molecule has 2 aliphatic heterocycles. The van der Waals surface area contributed by atoms with E-state index in [9.17, 15) is 4.79 Å². The van der Waals surface area contributed by atoms with Crippen LogP contribution in [0.5, 0.6) is 0 Å². The molecule has 0 spiro atoms. The Morgan fingerprint density at radius 1 is 1.31 bits per heavy atom. The third-order valence-electron chi connectivity index (χ3n) is 2.35. The van der Waals surface area contributed by atoms with Crippen molar-refractivity contribution in [2.24, 2.45) is 0 Å². The number of carbonyl (C=O) groups excluding carboxylic acids is 1. The Hall–Kier alpha value is -0.610. The zero-order chi connectivity index (χ0) is 9.10. The zero-order valence-electron chi connectivity index (χ0n) is 7.53. The summed E-state index contributed by atoms with van der Waals surface area (Å²) < 4.78 is 15.7. The molecule has 0 aromatic rings. The molecule has 0 saturated carbocycles. The maximum absolute atomic E-state index is 10.9. The van der Waals surface area contributed by atoms with Gasteiger partial charge < -0.3 is 14.2 Å². The maximum Gasteiger partial charge on any atom is 0.306 e. The quantitative estimate of drug-likeness (QED) is 0.599. The molecule has 2 saturated heterocycles. The van der Waals surface area contributed by atoms with E-state index in [-0.39, 0.29) is 18.4 Å². The first kappa shape index (κ1) is 8.97. The molecule has 4 nitrogen and oxygen atoms in total. The van der Waals surface area contributed by atoms with Crippen LogP contribution in [0.2, 0.25) is 0 Å². The summed E-state index contributed by atoms with van der Waals surface area (Å²) in [5.41, 5.74) is 0. The van der Waals surface area contributed by atoms with Gasteiger partial charge in [-0.25, -0.2) is 0 Å². The summed E-state index contributed by atoms with van der Waals surface area (Å²) in [5, 5.41) is 0. The highest BCUT2D eigenvalue weighted by Gasteiger charge is 2.26. The van der Waals surface area contributed by atoms with Crippen LogP contribution in [0.3, 0.4) is 0 Å². The Kier molecular flexibility index (Phi) is 2.80. The summed E-state index contributed by atoms with van der Waals surface area (Å²) in [7, 11) is 0. The van der Waals surface area contributed by atoms with E-state index in [1.54, 1.807) is 0 Å². The molecule has 1 unspecified atom stereocenters. The van der Waals surface area contributed by atoms with Crippen LogP contribution < -0.4 is 0 Å². The van der Waals surface area contributed by atoms with E-state index in [4.69, 9.17) is 14.2 Å². The van der Waals surface area contributed by atoms with E-state index in [1.807, 2.05) is 0 Å². The van der Waals surface area contributed by atoms with Crippen LogP contribution in [0.1, 0.15) is 25.7 Å². The highest BCUT2D eigenvalue weighted by Crippen LogP contribution is 2.21. The predicted molar refractivity (Wildman–Crippen MR) is 44.0 cm³/mol. The van der Waals surface area contributed by atoms with E-state index in [0.717, 1.165) is 12.8 Å². The average Bonchev–Trinajstić information content (AvgIpc) is 2.57. The summed E-state index contributed by atoms with van der Waals surface area (Å²) in [4.78, 5) is 10.9. The molecule has 4 heteroatoms. The molecule has 2 rings (SSSR count). The second-order valence-electron chi connectivity index (χ2n) is 3.41. The van der Waals surface area contributed by atoms with Crippen LogP contribution in [0.25, 0.3) is 0 Å². The first-order chi connectivity index (χ1) is 6.34. The SMILES string of the molecule is O=C1CCCC(CC2OCCO2)O1. The number of rotatable bonds is 2. The third-order valence-corrected chi connectivity index (χ3v) is 2.35. The van der Waals surface area contributed by atoms with Crippen molar-refractivity contribution < 1.29 is 19.0 Å². The van der Waals surface area contributed by atoms with Crippen molar-refractivity contribution in [1.82, 2.24) is 0 Å². The molecule has 0 aliphatic carbocycles. The number of cyclic esters (lactones) is 1. The van der Waals surface area contributed by atoms with E-state index < -0.39 is 0 Å². The van der Waals surface area contributed by atoms with Crippen molar-refractivity contribution in [2.45, 2.75) is 38.1 Å². The molecule has 1 atom stereocenters. The van der Waals surface area contributed by atoms with Crippen LogP contribution >= 0.6 is 0 Å². The Bertz CT molecular complexity index is 186. The predicted octanol–water partition coefficient (Wildman–Crippen LogP) is 0.845. The molecule has 2 heterocycles. The van der Waals surface area contributed by atoms with Gasteiger partial charge in [-0.05, 0) is 12.8 Å². The topological polar surface area (TPSA) is 44.8 Å². The molecule has 0 bridgehead atoms. The van der Waals surface area contributed by atoms with Crippen molar-refractivity contribution in [3.05, 3.63) is 0 Å². The maximum atomic E-state index is 10.9. The lowest BCUT2D eigenvalue weighted by molar-refractivity contribution is -0.159. The van der Waals surface area contributed by atoms with Gasteiger partial charge in [0, 0.05) is 12.8 Å².